The number of aliphatic hydroxyl groups is 1. The lowest BCUT2D eigenvalue weighted by Gasteiger charge is -2.35. The van der Waals surface area contributed by atoms with E-state index in [9.17, 15) is 5.11 Å². The van der Waals surface area contributed by atoms with Crippen molar-refractivity contribution in [1.29, 1.82) is 0 Å². The molecule has 2 heterocycles. The number of hydrogen-bond acceptors (Lipinski definition) is 3. The van der Waals surface area contributed by atoms with Crippen molar-refractivity contribution >= 4 is 10.9 Å². The first-order valence-corrected chi connectivity index (χ1v) is 7.55. The molecule has 1 aromatic heterocycles. The summed E-state index contributed by atoms with van der Waals surface area (Å²) < 4.78 is 1.97. The van der Waals surface area contributed by atoms with E-state index in [-0.39, 0.29) is 6.61 Å². The molecule has 0 saturated carbocycles. The zero-order valence-corrected chi connectivity index (χ0v) is 12.1. The highest BCUT2D eigenvalue weighted by atomic mass is 16.3. The Morgan fingerprint density at radius 1 is 1.30 bits per heavy atom. The van der Waals surface area contributed by atoms with Crippen LogP contribution in [0.15, 0.2) is 24.3 Å². The van der Waals surface area contributed by atoms with E-state index in [1.165, 1.54) is 30.2 Å². The van der Waals surface area contributed by atoms with E-state index in [2.05, 4.69) is 29.2 Å². The Labute approximate surface area is 120 Å². The maximum atomic E-state index is 9.23. The standard InChI is InChI=1S/C16H23N3O/c1-18-16-8-3-2-7-14(16)15(17-18)12-19-10-5-4-6-13(19)9-11-20/h2-3,7-8,13,20H,4-6,9-12H2,1H3. The van der Waals surface area contributed by atoms with Gasteiger partial charge in [-0.25, -0.2) is 0 Å². The van der Waals surface area contributed by atoms with Gasteiger partial charge in [0.25, 0.3) is 0 Å². The highest BCUT2D eigenvalue weighted by molar-refractivity contribution is 5.81. The number of aryl methyl sites for hydroxylation is 1. The number of nitrogens with zero attached hydrogens (tertiary/aromatic N) is 3. The lowest BCUT2D eigenvalue weighted by Crippen LogP contribution is -2.39. The second-order valence-electron chi connectivity index (χ2n) is 5.72. The fraction of sp³-hybridized carbons (Fsp3) is 0.562. The largest absolute Gasteiger partial charge is 0.396 e. The van der Waals surface area contributed by atoms with Crippen LogP contribution in [0.4, 0.5) is 0 Å². The molecule has 3 rings (SSSR count). The average molecular weight is 273 g/mol. The zero-order valence-electron chi connectivity index (χ0n) is 12.1. The predicted molar refractivity (Wildman–Crippen MR) is 80.5 cm³/mol. The maximum Gasteiger partial charge on any atom is 0.0843 e. The molecule has 1 aliphatic rings. The number of piperidine rings is 1. The Hall–Kier alpha value is -1.39. The Kier molecular flexibility index (Phi) is 4.03. The van der Waals surface area contributed by atoms with E-state index in [1.807, 2.05) is 11.7 Å². The molecule has 108 valence electrons. The van der Waals surface area contributed by atoms with Gasteiger partial charge in [0, 0.05) is 31.6 Å². The fourth-order valence-electron chi connectivity index (χ4n) is 3.34. The molecule has 1 unspecified atom stereocenters. The topological polar surface area (TPSA) is 41.3 Å². The third-order valence-corrected chi connectivity index (χ3v) is 4.40. The van der Waals surface area contributed by atoms with Gasteiger partial charge in [0.15, 0.2) is 0 Å². The summed E-state index contributed by atoms with van der Waals surface area (Å²) in [6, 6.07) is 8.92. The molecular weight excluding hydrogens is 250 g/mol. The number of fused-ring (bicyclic) bond motifs is 1. The minimum Gasteiger partial charge on any atom is -0.396 e. The first-order chi connectivity index (χ1) is 9.79. The van der Waals surface area contributed by atoms with E-state index in [0.717, 1.165) is 25.2 Å². The van der Waals surface area contributed by atoms with Crippen molar-refractivity contribution in [3.8, 4) is 0 Å². The second kappa shape index (κ2) is 5.94. The van der Waals surface area contributed by atoms with E-state index in [1.54, 1.807) is 0 Å². The number of aromatic nitrogens is 2. The van der Waals surface area contributed by atoms with Crippen molar-refractivity contribution in [3.05, 3.63) is 30.0 Å². The molecule has 0 aliphatic carbocycles. The van der Waals surface area contributed by atoms with Crippen molar-refractivity contribution in [2.24, 2.45) is 7.05 Å². The van der Waals surface area contributed by atoms with Crippen LogP contribution in [0, 0.1) is 0 Å². The van der Waals surface area contributed by atoms with Crippen LogP contribution in [-0.2, 0) is 13.6 Å². The van der Waals surface area contributed by atoms with E-state index < -0.39 is 0 Å². The summed E-state index contributed by atoms with van der Waals surface area (Å²) in [5.74, 6) is 0. The normalized spacial score (nSPS) is 20.6. The predicted octanol–water partition coefficient (Wildman–Crippen LogP) is 2.31. The highest BCUT2D eigenvalue weighted by Crippen LogP contribution is 2.24. The lowest BCUT2D eigenvalue weighted by molar-refractivity contribution is 0.111. The van der Waals surface area contributed by atoms with Gasteiger partial charge in [0.05, 0.1) is 11.2 Å². The summed E-state index contributed by atoms with van der Waals surface area (Å²) in [6.45, 7) is 2.30. The molecule has 0 spiro atoms. The van der Waals surface area contributed by atoms with Gasteiger partial charge in [0.1, 0.15) is 0 Å². The van der Waals surface area contributed by atoms with Crippen molar-refractivity contribution < 1.29 is 5.11 Å². The molecule has 0 amide bonds. The lowest BCUT2D eigenvalue weighted by atomic mass is 9.99. The van der Waals surface area contributed by atoms with Gasteiger partial charge in [-0.2, -0.15) is 5.10 Å². The number of hydrogen-bond donors (Lipinski definition) is 1. The van der Waals surface area contributed by atoms with Crippen LogP contribution < -0.4 is 0 Å². The molecule has 0 bridgehead atoms. The van der Waals surface area contributed by atoms with Crippen LogP contribution in [0.25, 0.3) is 10.9 Å². The number of benzene rings is 1. The Balaban J connectivity index is 1.84. The van der Waals surface area contributed by atoms with Crippen LogP contribution in [0.3, 0.4) is 0 Å². The Bertz CT molecular complexity index is 576. The Morgan fingerprint density at radius 3 is 3.00 bits per heavy atom. The summed E-state index contributed by atoms with van der Waals surface area (Å²) in [5, 5.41) is 15.2. The molecule has 1 atom stereocenters. The molecule has 0 radical (unpaired) electrons. The van der Waals surface area contributed by atoms with Crippen LogP contribution in [0.1, 0.15) is 31.4 Å². The minimum atomic E-state index is 0.282. The molecule has 1 aliphatic heterocycles. The van der Waals surface area contributed by atoms with Crippen molar-refractivity contribution in [2.45, 2.75) is 38.3 Å². The molecule has 1 saturated heterocycles. The zero-order chi connectivity index (χ0) is 13.9. The van der Waals surface area contributed by atoms with E-state index >= 15 is 0 Å². The van der Waals surface area contributed by atoms with Gasteiger partial charge in [-0.05, 0) is 31.9 Å². The van der Waals surface area contributed by atoms with Crippen LogP contribution in [0.2, 0.25) is 0 Å². The molecule has 20 heavy (non-hydrogen) atoms. The van der Waals surface area contributed by atoms with E-state index in [4.69, 9.17) is 5.10 Å². The summed E-state index contributed by atoms with van der Waals surface area (Å²) in [4.78, 5) is 2.49. The highest BCUT2D eigenvalue weighted by Gasteiger charge is 2.23. The summed E-state index contributed by atoms with van der Waals surface area (Å²) in [6.07, 6.45) is 4.62. The molecular formula is C16H23N3O. The molecule has 1 N–H and O–H groups in total. The molecule has 4 nitrogen and oxygen atoms in total. The third kappa shape index (κ3) is 2.58. The summed E-state index contributed by atoms with van der Waals surface area (Å²) in [7, 11) is 2.01. The summed E-state index contributed by atoms with van der Waals surface area (Å²) >= 11 is 0. The maximum absolute atomic E-state index is 9.23. The molecule has 1 fully saturated rings. The number of aliphatic hydroxyl groups excluding tert-OH is 1. The molecule has 4 heteroatoms. The first-order valence-electron chi connectivity index (χ1n) is 7.55. The smallest absolute Gasteiger partial charge is 0.0843 e. The number of rotatable bonds is 4. The third-order valence-electron chi connectivity index (χ3n) is 4.40. The Morgan fingerprint density at radius 2 is 2.15 bits per heavy atom. The quantitative estimate of drug-likeness (QED) is 0.929. The number of para-hydroxylation sites is 1. The van der Waals surface area contributed by atoms with Gasteiger partial charge in [0.2, 0.25) is 0 Å². The minimum absolute atomic E-state index is 0.282. The van der Waals surface area contributed by atoms with Crippen LogP contribution in [0.5, 0.6) is 0 Å². The van der Waals surface area contributed by atoms with Gasteiger partial charge in [-0.3, -0.25) is 9.58 Å². The second-order valence-corrected chi connectivity index (χ2v) is 5.72. The van der Waals surface area contributed by atoms with Gasteiger partial charge in [-0.15, -0.1) is 0 Å². The first kappa shape index (κ1) is 13.6. The van der Waals surface area contributed by atoms with Crippen LogP contribution >= 0.6 is 0 Å². The monoisotopic (exact) mass is 273 g/mol. The van der Waals surface area contributed by atoms with Crippen molar-refractivity contribution in [1.82, 2.24) is 14.7 Å². The molecule has 2 aromatic rings. The SMILES string of the molecule is Cn1nc(CN2CCCCC2CCO)c2ccccc21. The number of likely N-dealkylation sites (tertiary alicyclic amines) is 1. The van der Waals surface area contributed by atoms with E-state index in [0.29, 0.717) is 6.04 Å². The van der Waals surface area contributed by atoms with Crippen LogP contribution in [-0.4, -0.2) is 39.0 Å². The average Bonchev–Trinajstić information content (AvgIpc) is 2.79. The fourth-order valence-corrected chi connectivity index (χ4v) is 3.34. The van der Waals surface area contributed by atoms with Crippen molar-refractivity contribution in [3.63, 3.8) is 0 Å². The summed E-state index contributed by atoms with van der Waals surface area (Å²) in [5.41, 5.74) is 2.35. The van der Waals surface area contributed by atoms with Gasteiger partial charge >= 0.3 is 0 Å². The molecule has 1 aromatic carbocycles. The van der Waals surface area contributed by atoms with Crippen molar-refractivity contribution in [2.75, 3.05) is 13.2 Å². The van der Waals surface area contributed by atoms with Gasteiger partial charge in [-0.1, -0.05) is 24.6 Å². The van der Waals surface area contributed by atoms with Gasteiger partial charge < -0.3 is 5.11 Å².